The van der Waals surface area contributed by atoms with Gasteiger partial charge in [-0.15, -0.1) is 12.4 Å². The number of aromatic carboxylic acids is 1. The predicted molar refractivity (Wildman–Crippen MR) is 98.1 cm³/mol. The summed E-state index contributed by atoms with van der Waals surface area (Å²) in [5, 5.41) is 13.3. The van der Waals surface area contributed by atoms with Crippen LogP contribution in [0.25, 0.3) is 10.9 Å². The molecule has 0 bridgehead atoms. The zero-order valence-corrected chi connectivity index (χ0v) is 14.6. The van der Waals surface area contributed by atoms with E-state index in [0.717, 1.165) is 32.4 Å². The van der Waals surface area contributed by atoms with E-state index in [-0.39, 0.29) is 18.0 Å². The van der Waals surface area contributed by atoms with Crippen LogP contribution in [-0.4, -0.2) is 16.1 Å². The molecule has 0 atom stereocenters. The fraction of sp³-hybridized carbons (Fsp3) is 0.0588. The number of nitrogens with zero attached hydrogens (tertiary/aromatic N) is 1. The molecule has 4 nitrogen and oxygen atoms in total. The predicted octanol–water partition coefficient (Wildman–Crippen LogP) is 5.17. The second-order valence-corrected chi connectivity index (χ2v) is 5.81. The number of nitrogens with one attached hydrogen (secondary N) is 1. The van der Waals surface area contributed by atoms with Gasteiger partial charge in [-0.1, -0.05) is 12.1 Å². The molecule has 0 unspecified atom stereocenters. The third-order valence-corrected chi connectivity index (χ3v) is 3.97. The summed E-state index contributed by atoms with van der Waals surface area (Å²) in [4.78, 5) is 15.4. The van der Waals surface area contributed by atoms with Gasteiger partial charge >= 0.3 is 5.97 Å². The Labute approximate surface area is 148 Å². The number of hydrogen-bond acceptors (Lipinski definition) is 3. The molecule has 23 heavy (non-hydrogen) atoms. The Morgan fingerprint density at radius 2 is 1.87 bits per heavy atom. The number of aromatic nitrogens is 1. The lowest BCUT2D eigenvalue weighted by Crippen LogP contribution is -1.98. The Morgan fingerprint density at radius 3 is 2.52 bits per heavy atom. The van der Waals surface area contributed by atoms with Gasteiger partial charge in [0.2, 0.25) is 0 Å². The van der Waals surface area contributed by atoms with Crippen molar-refractivity contribution in [2.75, 3.05) is 5.32 Å². The summed E-state index contributed by atoms with van der Waals surface area (Å²) in [5.41, 5.74) is 3.84. The maximum atomic E-state index is 10.9. The number of carbonyl (C=O) groups is 1. The van der Waals surface area contributed by atoms with Crippen molar-refractivity contribution in [1.82, 2.24) is 4.98 Å². The van der Waals surface area contributed by atoms with Gasteiger partial charge in [-0.3, -0.25) is 4.98 Å². The molecule has 2 N–H and O–H groups in total. The van der Waals surface area contributed by atoms with Crippen LogP contribution in [0.4, 0.5) is 11.4 Å². The molecule has 0 saturated carbocycles. The van der Waals surface area contributed by atoms with Crippen LogP contribution in [0.1, 0.15) is 16.1 Å². The third-order valence-electron chi connectivity index (χ3n) is 3.33. The number of benzene rings is 2. The molecule has 3 aromatic rings. The van der Waals surface area contributed by atoms with Crippen molar-refractivity contribution in [3.8, 4) is 0 Å². The highest BCUT2D eigenvalue weighted by atomic mass is 79.9. The summed E-state index contributed by atoms with van der Waals surface area (Å²) < 4.78 is 0.943. The Kier molecular flexibility index (Phi) is 5.23. The van der Waals surface area contributed by atoms with Gasteiger partial charge in [0, 0.05) is 26.9 Å². The molecule has 118 valence electrons. The normalized spacial score (nSPS) is 10.2. The fourth-order valence-corrected chi connectivity index (χ4v) is 2.75. The van der Waals surface area contributed by atoms with Gasteiger partial charge in [0.15, 0.2) is 0 Å². The SMILES string of the molecule is Cc1cc(Nc2ccc(C(=O)O)cc2)c2cccc(Br)c2n1.Cl. The minimum atomic E-state index is -0.930. The Balaban J connectivity index is 0.00000192. The van der Waals surface area contributed by atoms with Crippen molar-refractivity contribution in [1.29, 1.82) is 0 Å². The average molecular weight is 394 g/mol. The molecule has 1 aromatic heterocycles. The summed E-state index contributed by atoms with van der Waals surface area (Å²) in [6.45, 7) is 1.94. The van der Waals surface area contributed by atoms with E-state index >= 15 is 0 Å². The van der Waals surface area contributed by atoms with Crippen molar-refractivity contribution < 1.29 is 9.90 Å². The minimum absolute atomic E-state index is 0. The zero-order valence-electron chi connectivity index (χ0n) is 12.2. The molecule has 0 radical (unpaired) electrons. The van der Waals surface area contributed by atoms with E-state index in [1.807, 2.05) is 31.2 Å². The number of anilines is 2. The first-order valence-electron chi connectivity index (χ1n) is 6.71. The Hall–Kier alpha value is -2.11. The van der Waals surface area contributed by atoms with Crippen molar-refractivity contribution in [3.05, 3.63) is 64.3 Å². The second kappa shape index (κ2) is 6.98. The third kappa shape index (κ3) is 3.63. The molecule has 1 heterocycles. The smallest absolute Gasteiger partial charge is 0.335 e. The lowest BCUT2D eigenvalue weighted by atomic mass is 10.1. The topological polar surface area (TPSA) is 62.2 Å². The van der Waals surface area contributed by atoms with Crippen LogP contribution in [0.5, 0.6) is 0 Å². The van der Waals surface area contributed by atoms with Crippen LogP contribution >= 0.6 is 28.3 Å². The van der Waals surface area contributed by atoms with Gasteiger partial charge < -0.3 is 10.4 Å². The first-order chi connectivity index (χ1) is 10.5. The van der Waals surface area contributed by atoms with Gasteiger partial charge in [0.1, 0.15) is 0 Å². The highest BCUT2D eigenvalue weighted by molar-refractivity contribution is 9.10. The summed E-state index contributed by atoms with van der Waals surface area (Å²) in [7, 11) is 0. The van der Waals surface area contributed by atoms with Gasteiger partial charge in [-0.05, 0) is 59.3 Å². The van der Waals surface area contributed by atoms with Gasteiger partial charge in [0.05, 0.1) is 11.1 Å². The van der Waals surface area contributed by atoms with Crippen molar-refractivity contribution >= 4 is 56.6 Å². The standard InChI is InChI=1S/C17H13BrN2O2.ClH/c1-10-9-15(13-3-2-4-14(18)16(13)19-10)20-12-7-5-11(6-8-12)17(21)22;/h2-9H,1H3,(H,19,20)(H,21,22);1H. The van der Waals surface area contributed by atoms with E-state index < -0.39 is 5.97 Å². The average Bonchev–Trinajstić information content (AvgIpc) is 2.49. The van der Waals surface area contributed by atoms with Crippen molar-refractivity contribution in [2.45, 2.75) is 6.92 Å². The first-order valence-corrected chi connectivity index (χ1v) is 7.50. The Morgan fingerprint density at radius 1 is 1.17 bits per heavy atom. The maximum Gasteiger partial charge on any atom is 0.335 e. The van der Waals surface area contributed by atoms with Crippen LogP contribution in [0, 0.1) is 6.92 Å². The number of hydrogen-bond donors (Lipinski definition) is 2. The van der Waals surface area contributed by atoms with Gasteiger partial charge in [-0.2, -0.15) is 0 Å². The first kappa shape index (κ1) is 17.2. The second-order valence-electron chi connectivity index (χ2n) is 4.95. The van der Waals surface area contributed by atoms with E-state index in [0.29, 0.717) is 0 Å². The minimum Gasteiger partial charge on any atom is -0.478 e. The van der Waals surface area contributed by atoms with Crippen LogP contribution in [-0.2, 0) is 0 Å². The monoisotopic (exact) mass is 392 g/mol. The molecule has 6 heteroatoms. The molecule has 0 fully saturated rings. The van der Waals surface area contributed by atoms with Gasteiger partial charge in [0.25, 0.3) is 0 Å². The van der Waals surface area contributed by atoms with E-state index in [2.05, 4.69) is 26.2 Å². The number of aryl methyl sites for hydroxylation is 1. The largest absolute Gasteiger partial charge is 0.478 e. The molecule has 2 aromatic carbocycles. The summed E-state index contributed by atoms with van der Waals surface area (Å²) >= 11 is 3.52. The molecule has 0 spiro atoms. The van der Waals surface area contributed by atoms with Crippen LogP contribution in [0.3, 0.4) is 0 Å². The molecular weight excluding hydrogens is 380 g/mol. The number of fused-ring (bicyclic) bond motifs is 1. The quantitative estimate of drug-likeness (QED) is 0.644. The number of halogens is 2. The van der Waals surface area contributed by atoms with E-state index in [1.54, 1.807) is 24.3 Å². The zero-order chi connectivity index (χ0) is 15.7. The lowest BCUT2D eigenvalue weighted by Gasteiger charge is -2.12. The summed E-state index contributed by atoms with van der Waals surface area (Å²) in [6, 6.07) is 14.6. The molecular formula is C17H14BrClN2O2. The molecule has 3 rings (SSSR count). The number of para-hydroxylation sites is 1. The lowest BCUT2D eigenvalue weighted by molar-refractivity contribution is 0.0697. The van der Waals surface area contributed by atoms with E-state index in [1.165, 1.54) is 0 Å². The summed E-state index contributed by atoms with van der Waals surface area (Å²) in [6.07, 6.45) is 0. The number of carboxylic acids is 1. The van der Waals surface area contributed by atoms with Crippen LogP contribution < -0.4 is 5.32 Å². The van der Waals surface area contributed by atoms with Crippen LogP contribution in [0.15, 0.2) is 53.0 Å². The summed E-state index contributed by atoms with van der Waals surface area (Å²) in [5.74, 6) is -0.930. The number of pyridine rings is 1. The maximum absolute atomic E-state index is 10.9. The Bertz CT molecular complexity index is 866. The number of rotatable bonds is 3. The molecule has 0 aliphatic rings. The fourth-order valence-electron chi connectivity index (χ4n) is 2.30. The van der Waals surface area contributed by atoms with Crippen molar-refractivity contribution in [2.24, 2.45) is 0 Å². The molecule has 0 aliphatic heterocycles. The molecule has 0 aliphatic carbocycles. The van der Waals surface area contributed by atoms with Crippen LogP contribution in [0.2, 0.25) is 0 Å². The molecule has 0 saturated heterocycles. The molecule has 0 amide bonds. The van der Waals surface area contributed by atoms with Crippen molar-refractivity contribution in [3.63, 3.8) is 0 Å². The van der Waals surface area contributed by atoms with Gasteiger partial charge in [-0.25, -0.2) is 4.79 Å². The number of carboxylic acid groups (broad SMARTS) is 1. The van der Waals surface area contributed by atoms with E-state index in [9.17, 15) is 4.79 Å². The van der Waals surface area contributed by atoms with E-state index in [4.69, 9.17) is 5.11 Å². The highest BCUT2D eigenvalue weighted by Crippen LogP contribution is 2.30. The highest BCUT2D eigenvalue weighted by Gasteiger charge is 2.08.